The average Bonchev–Trinajstić information content (AvgIpc) is 3.01. The highest BCUT2D eigenvalue weighted by Crippen LogP contribution is 2.35. The van der Waals surface area contributed by atoms with Crippen LogP contribution in [0, 0.1) is 18.7 Å². The number of aryl methyl sites for hydroxylation is 1. The zero-order valence-electron chi connectivity index (χ0n) is 13.0. The van der Waals surface area contributed by atoms with Crippen LogP contribution in [0.3, 0.4) is 0 Å². The molecule has 2 aromatic rings. The molecule has 1 aromatic carbocycles. The molecule has 1 fully saturated rings. The monoisotopic (exact) mass is 340 g/mol. The number of anilines is 1. The summed E-state index contributed by atoms with van der Waals surface area (Å²) in [5.74, 6) is -0.570. The maximum atomic E-state index is 13.6. The van der Waals surface area contributed by atoms with Gasteiger partial charge in [0.05, 0.1) is 5.92 Å². The molecule has 3 nitrogen and oxygen atoms in total. The predicted octanol–water partition coefficient (Wildman–Crippen LogP) is 4.71. The van der Waals surface area contributed by atoms with Crippen LogP contribution in [-0.4, -0.2) is 24.2 Å². The number of ether oxygens (including phenoxy) is 1. The molecule has 0 saturated carbocycles. The molecule has 24 heavy (non-hydrogen) atoms. The minimum atomic E-state index is -4.19. The molecule has 0 N–H and O–H groups in total. The largest absolute Gasteiger partial charge is 0.457 e. The van der Waals surface area contributed by atoms with Gasteiger partial charge >= 0.3 is 6.18 Å². The van der Waals surface area contributed by atoms with Gasteiger partial charge in [0.25, 0.3) is 0 Å². The summed E-state index contributed by atoms with van der Waals surface area (Å²) in [6.07, 6.45) is -2.67. The van der Waals surface area contributed by atoms with Gasteiger partial charge < -0.3 is 9.64 Å². The van der Waals surface area contributed by atoms with Gasteiger partial charge in [-0.1, -0.05) is 6.07 Å². The van der Waals surface area contributed by atoms with E-state index in [0.717, 1.165) is 0 Å². The Bertz CT molecular complexity index is 733. The topological polar surface area (TPSA) is 25.4 Å². The third kappa shape index (κ3) is 3.60. The maximum Gasteiger partial charge on any atom is 0.393 e. The summed E-state index contributed by atoms with van der Waals surface area (Å²) in [4.78, 5) is 5.70. The van der Waals surface area contributed by atoms with Crippen molar-refractivity contribution >= 4 is 5.82 Å². The Labute approximate surface area is 136 Å². The van der Waals surface area contributed by atoms with Gasteiger partial charge in [0.1, 0.15) is 23.1 Å². The quantitative estimate of drug-likeness (QED) is 0.757. The lowest BCUT2D eigenvalue weighted by Crippen LogP contribution is -2.27. The number of rotatable bonds is 3. The van der Waals surface area contributed by atoms with Gasteiger partial charge in [-0.3, -0.25) is 0 Å². The third-order valence-corrected chi connectivity index (χ3v) is 4.07. The molecule has 0 bridgehead atoms. The van der Waals surface area contributed by atoms with E-state index < -0.39 is 12.1 Å². The second kappa shape index (κ2) is 6.30. The van der Waals surface area contributed by atoms with Gasteiger partial charge in [-0.25, -0.2) is 9.37 Å². The minimum Gasteiger partial charge on any atom is -0.457 e. The van der Waals surface area contributed by atoms with Crippen molar-refractivity contribution in [1.82, 2.24) is 4.98 Å². The van der Waals surface area contributed by atoms with Crippen LogP contribution in [0.1, 0.15) is 12.0 Å². The SMILES string of the molecule is Cc1ccc(Oc2ccnc(N3CCC(C(F)(F)F)C3)c2)cc1F. The highest BCUT2D eigenvalue weighted by molar-refractivity contribution is 5.46. The minimum absolute atomic E-state index is 0.0550. The Morgan fingerprint density at radius 2 is 1.92 bits per heavy atom. The Balaban J connectivity index is 1.74. The van der Waals surface area contributed by atoms with Crippen LogP contribution in [0.5, 0.6) is 11.5 Å². The van der Waals surface area contributed by atoms with Gasteiger partial charge in [-0.15, -0.1) is 0 Å². The maximum absolute atomic E-state index is 13.6. The molecule has 1 aliphatic heterocycles. The van der Waals surface area contributed by atoms with Crippen LogP contribution in [0.15, 0.2) is 36.5 Å². The summed E-state index contributed by atoms with van der Waals surface area (Å²) >= 11 is 0. The summed E-state index contributed by atoms with van der Waals surface area (Å²) in [5.41, 5.74) is 0.507. The Morgan fingerprint density at radius 3 is 2.58 bits per heavy atom. The van der Waals surface area contributed by atoms with E-state index in [1.165, 1.54) is 12.3 Å². The Kier molecular flexibility index (Phi) is 4.34. The number of alkyl halides is 3. The fraction of sp³-hybridized carbons (Fsp3) is 0.353. The molecule has 1 unspecified atom stereocenters. The van der Waals surface area contributed by atoms with Crippen LogP contribution in [0.25, 0.3) is 0 Å². The summed E-state index contributed by atoms with van der Waals surface area (Å²) in [5, 5.41) is 0. The molecular formula is C17H16F4N2O. The first-order valence-corrected chi connectivity index (χ1v) is 7.54. The first-order chi connectivity index (χ1) is 11.3. The van der Waals surface area contributed by atoms with Crippen molar-refractivity contribution in [2.45, 2.75) is 19.5 Å². The number of hydrogen-bond acceptors (Lipinski definition) is 3. The molecule has 1 aromatic heterocycles. The molecule has 0 radical (unpaired) electrons. The van der Waals surface area contributed by atoms with Gasteiger partial charge in [0.2, 0.25) is 0 Å². The van der Waals surface area contributed by atoms with Crippen LogP contribution in [-0.2, 0) is 0 Å². The van der Waals surface area contributed by atoms with Gasteiger partial charge in [0, 0.05) is 31.4 Å². The van der Waals surface area contributed by atoms with E-state index in [0.29, 0.717) is 29.4 Å². The lowest BCUT2D eigenvalue weighted by Gasteiger charge is -2.19. The summed E-state index contributed by atoms with van der Waals surface area (Å²) in [6, 6.07) is 7.65. The van der Waals surface area contributed by atoms with Crippen molar-refractivity contribution in [2.75, 3.05) is 18.0 Å². The zero-order valence-corrected chi connectivity index (χ0v) is 13.0. The molecule has 3 rings (SSSR count). The van der Waals surface area contributed by atoms with E-state index >= 15 is 0 Å². The summed E-state index contributed by atoms with van der Waals surface area (Å²) < 4.78 is 57.5. The smallest absolute Gasteiger partial charge is 0.393 e. The molecule has 1 atom stereocenters. The Hall–Kier alpha value is -2.31. The second-order valence-corrected chi connectivity index (χ2v) is 5.84. The first-order valence-electron chi connectivity index (χ1n) is 7.54. The van der Waals surface area contributed by atoms with E-state index in [9.17, 15) is 17.6 Å². The molecule has 1 aliphatic rings. The van der Waals surface area contributed by atoms with E-state index in [1.54, 1.807) is 36.1 Å². The second-order valence-electron chi connectivity index (χ2n) is 5.84. The highest BCUT2D eigenvalue weighted by Gasteiger charge is 2.43. The first kappa shape index (κ1) is 16.5. The molecule has 1 saturated heterocycles. The third-order valence-electron chi connectivity index (χ3n) is 4.07. The van der Waals surface area contributed by atoms with Crippen molar-refractivity contribution < 1.29 is 22.3 Å². The molecule has 0 amide bonds. The zero-order chi connectivity index (χ0) is 17.3. The van der Waals surface area contributed by atoms with E-state index in [4.69, 9.17) is 4.74 Å². The molecule has 2 heterocycles. The van der Waals surface area contributed by atoms with E-state index in [2.05, 4.69) is 4.98 Å². The predicted molar refractivity (Wildman–Crippen MR) is 81.8 cm³/mol. The molecule has 7 heteroatoms. The van der Waals surface area contributed by atoms with Gasteiger partial charge in [-0.05, 0) is 31.0 Å². The number of benzene rings is 1. The van der Waals surface area contributed by atoms with Gasteiger partial charge in [0.15, 0.2) is 0 Å². The number of hydrogen-bond donors (Lipinski definition) is 0. The van der Waals surface area contributed by atoms with E-state index in [1.807, 2.05) is 0 Å². The van der Waals surface area contributed by atoms with Crippen molar-refractivity contribution in [2.24, 2.45) is 5.92 Å². The van der Waals surface area contributed by atoms with Crippen molar-refractivity contribution in [3.8, 4) is 11.5 Å². The van der Waals surface area contributed by atoms with Crippen molar-refractivity contribution in [1.29, 1.82) is 0 Å². The van der Waals surface area contributed by atoms with Crippen LogP contribution >= 0.6 is 0 Å². The van der Waals surface area contributed by atoms with Gasteiger partial charge in [-0.2, -0.15) is 13.2 Å². The molecular weight excluding hydrogens is 324 g/mol. The molecule has 0 aliphatic carbocycles. The van der Waals surface area contributed by atoms with Crippen LogP contribution in [0.4, 0.5) is 23.4 Å². The van der Waals surface area contributed by atoms with Crippen LogP contribution in [0.2, 0.25) is 0 Å². The lowest BCUT2D eigenvalue weighted by atomic mass is 10.1. The fourth-order valence-corrected chi connectivity index (χ4v) is 2.64. The highest BCUT2D eigenvalue weighted by atomic mass is 19.4. The standard InChI is InChI=1S/C17H16F4N2O/c1-11-2-3-13(8-15(11)18)24-14-4-6-22-16(9-14)23-7-5-12(10-23)17(19,20)21/h2-4,6,8-9,12H,5,7,10H2,1H3. The number of aromatic nitrogens is 1. The number of nitrogens with zero attached hydrogens (tertiary/aromatic N) is 2. The average molecular weight is 340 g/mol. The molecule has 0 spiro atoms. The van der Waals surface area contributed by atoms with E-state index in [-0.39, 0.29) is 18.8 Å². The van der Waals surface area contributed by atoms with Crippen molar-refractivity contribution in [3.05, 3.63) is 47.9 Å². The number of halogens is 4. The summed E-state index contributed by atoms with van der Waals surface area (Å²) in [7, 11) is 0. The van der Waals surface area contributed by atoms with Crippen LogP contribution < -0.4 is 9.64 Å². The lowest BCUT2D eigenvalue weighted by molar-refractivity contribution is -0.168. The summed E-state index contributed by atoms with van der Waals surface area (Å²) in [6.45, 7) is 1.83. The normalized spacial score (nSPS) is 18.0. The Morgan fingerprint density at radius 1 is 1.17 bits per heavy atom. The molecule has 128 valence electrons. The fourth-order valence-electron chi connectivity index (χ4n) is 2.64. The van der Waals surface area contributed by atoms with Crippen molar-refractivity contribution in [3.63, 3.8) is 0 Å². The number of pyridine rings is 1.